The highest BCUT2D eigenvalue weighted by Crippen LogP contribution is 2.25. The molecular formula is C14H27NO2. The van der Waals surface area contributed by atoms with E-state index in [9.17, 15) is 4.79 Å². The van der Waals surface area contributed by atoms with Crippen LogP contribution in [0.1, 0.15) is 58.3 Å². The summed E-state index contributed by atoms with van der Waals surface area (Å²) in [7, 11) is 0. The van der Waals surface area contributed by atoms with Gasteiger partial charge in [-0.05, 0) is 31.8 Å². The molecule has 1 aliphatic carbocycles. The summed E-state index contributed by atoms with van der Waals surface area (Å²) in [5.41, 5.74) is 0. The zero-order chi connectivity index (χ0) is 12.5. The summed E-state index contributed by atoms with van der Waals surface area (Å²) in [4.78, 5) is 10.3. The summed E-state index contributed by atoms with van der Waals surface area (Å²) in [5.74, 6) is 0.353. The van der Waals surface area contributed by atoms with Crippen molar-refractivity contribution >= 4 is 5.97 Å². The number of nitrogens with one attached hydrogen (secondary N) is 1. The molecule has 3 heteroatoms. The van der Waals surface area contributed by atoms with Gasteiger partial charge in [0.2, 0.25) is 0 Å². The van der Waals surface area contributed by atoms with E-state index in [1.807, 2.05) is 0 Å². The maximum Gasteiger partial charge on any atom is 0.306 e. The molecule has 0 spiro atoms. The highest BCUT2D eigenvalue weighted by atomic mass is 16.4. The molecule has 2 fully saturated rings. The second-order valence-electron chi connectivity index (χ2n) is 5.27. The first kappa shape index (κ1) is 14.5. The highest BCUT2D eigenvalue weighted by Gasteiger charge is 2.19. The lowest BCUT2D eigenvalue weighted by Crippen LogP contribution is -2.31. The molecule has 100 valence electrons. The molecule has 0 aromatic carbocycles. The lowest BCUT2D eigenvalue weighted by Gasteiger charge is -2.18. The predicted octanol–water partition coefficient (Wildman–Crippen LogP) is 3.05. The maximum atomic E-state index is 10.3. The lowest BCUT2D eigenvalue weighted by molar-refractivity contribution is -0.142. The third-order valence-electron chi connectivity index (χ3n) is 3.99. The van der Waals surface area contributed by atoms with Crippen molar-refractivity contribution in [3.05, 3.63) is 0 Å². The summed E-state index contributed by atoms with van der Waals surface area (Å²) in [6.45, 7) is 4.03. The molecule has 3 nitrogen and oxygen atoms in total. The SMILES string of the molecule is CCC1CCCCC1.O=C(O)C1CCNCC1. The Kier molecular flexibility index (Phi) is 7.25. The van der Waals surface area contributed by atoms with Gasteiger partial charge >= 0.3 is 5.97 Å². The fourth-order valence-electron chi connectivity index (χ4n) is 2.66. The largest absolute Gasteiger partial charge is 0.481 e. The second kappa shape index (κ2) is 8.51. The molecule has 0 amide bonds. The van der Waals surface area contributed by atoms with Gasteiger partial charge in [0, 0.05) is 0 Å². The van der Waals surface area contributed by atoms with E-state index in [0.29, 0.717) is 0 Å². The van der Waals surface area contributed by atoms with Gasteiger partial charge in [-0.15, -0.1) is 0 Å². The van der Waals surface area contributed by atoms with E-state index in [1.54, 1.807) is 0 Å². The number of rotatable bonds is 2. The molecule has 1 aliphatic heterocycles. The van der Waals surface area contributed by atoms with E-state index in [-0.39, 0.29) is 5.92 Å². The van der Waals surface area contributed by atoms with E-state index in [4.69, 9.17) is 5.11 Å². The third-order valence-corrected chi connectivity index (χ3v) is 3.99. The first-order valence-electron chi connectivity index (χ1n) is 7.17. The number of aliphatic carboxylic acids is 1. The number of piperidine rings is 1. The molecule has 0 aromatic rings. The van der Waals surface area contributed by atoms with Gasteiger partial charge in [-0.2, -0.15) is 0 Å². The van der Waals surface area contributed by atoms with Crippen LogP contribution in [0.25, 0.3) is 0 Å². The van der Waals surface area contributed by atoms with Crippen molar-refractivity contribution in [1.82, 2.24) is 5.32 Å². The lowest BCUT2D eigenvalue weighted by atomic mass is 9.88. The Morgan fingerprint density at radius 3 is 2.06 bits per heavy atom. The van der Waals surface area contributed by atoms with E-state index in [2.05, 4.69) is 12.2 Å². The van der Waals surface area contributed by atoms with Crippen molar-refractivity contribution in [2.24, 2.45) is 11.8 Å². The molecule has 2 aliphatic rings. The highest BCUT2D eigenvalue weighted by molar-refractivity contribution is 5.70. The van der Waals surface area contributed by atoms with Gasteiger partial charge in [0.05, 0.1) is 5.92 Å². The minimum Gasteiger partial charge on any atom is -0.481 e. The van der Waals surface area contributed by atoms with Crippen molar-refractivity contribution in [2.45, 2.75) is 58.3 Å². The van der Waals surface area contributed by atoms with Crippen LogP contribution in [0.15, 0.2) is 0 Å². The first-order chi connectivity index (χ1) is 8.24. The molecule has 1 saturated heterocycles. The van der Waals surface area contributed by atoms with Crippen LogP contribution >= 0.6 is 0 Å². The summed E-state index contributed by atoms with van der Waals surface area (Å²) < 4.78 is 0. The van der Waals surface area contributed by atoms with Crippen LogP contribution in [0.2, 0.25) is 0 Å². The zero-order valence-electron chi connectivity index (χ0n) is 11.1. The van der Waals surface area contributed by atoms with Gasteiger partial charge in [-0.3, -0.25) is 4.79 Å². The summed E-state index contributed by atoms with van der Waals surface area (Å²) in [5, 5.41) is 11.6. The van der Waals surface area contributed by atoms with E-state index in [1.165, 1.54) is 38.5 Å². The van der Waals surface area contributed by atoms with Gasteiger partial charge in [0.15, 0.2) is 0 Å². The Hall–Kier alpha value is -0.570. The number of hydrogen-bond acceptors (Lipinski definition) is 2. The molecule has 17 heavy (non-hydrogen) atoms. The fraction of sp³-hybridized carbons (Fsp3) is 0.929. The summed E-state index contributed by atoms with van der Waals surface area (Å²) in [6.07, 6.45) is 10.5. The molecule has 2 rings (SSSR count). The molecule has 1 heterocycles. The first-order valence-corrected chi connectivity index (χ1v) is 7.17. The van der Waals surface area contributed by atoms with Gasteiger partial charge in [-0.1, -0.05) is 45.4 Å². The number of carboxylic acid groups (broad SMARTS) is 1. The number of carbonyl (C=O) groups is 1. The molecule has 0 radical (unpaired) electrons. The second-order valence-corrected chi connectivity index (χ2v) is 5.27. The van der Waals surface area contributed by atoms with Crippen LogP contribution < -0.4 is 5.32 Å². The average molecular weight is 241 g/mol. The van der Waals surface area contributed by atoms with Crippen LogP contribution in [0.3, 0.4) is 0 Å². The van der Waals surface area contributed by atoms with Crippen LogP contribution in [0.5, 0.6) is 0 Å². The Morgan fingerprint density at radius 1 is 1.12 bits per heavy atom. The Labute approximate surface area is 105 Å². The van der Waals surface area contributed by atoms with Gasteiger partial charge in [0.25, 0.3) is 0 Å². The molecule has 0 unspecified atom stereocenters. The number of carboxylic acids is 1. The van der Waals surface area contributed by atoms with Crippen molar-refractivity contribution in [3.63, 3.8) is 0 Å². The quantitative estimate of drug-likeness (QED) is 0.781. The topological polar surface area (TPSA) is 49.3 Å². The summed E-state index contributed by atoms with van der Waals surface area (Å²) in [6, 6.07) is 0. The number of hydrogen-bond donors (Lipinski definition) is 2. The molecule has 0 bridgehead atoms. The van der Waals surface area contributed by atoms with Crippen molar-refractivity contribution in [1.29, 1.82) is 0 Å². The molecule has 0 aromatic heterocycles. The average Bonchev–Trinajstić information content (AvgIpc) is 2.41. The van der Waals surface area contributed by atoms with Crippen LogP contribution in [-0.2, 0) is 4.79 Å². The molecule has 1 saturated carbocycles. The fourth-order valence-corrected chi connectivity index (χ4v) is 2.66. The molecule has 0 atom stereocenters. The van der Waals surface area contributed by atoms with Crippen LogP contribution in [-0.4, -0.2) is 24.2 Å². The van der Waals surface area contributed by atoms with Gasteiger partial charge in [0.1, 0.15) is 0 Å². The van der Waals surface area contributed by atoms with Crippen LogP contribution in [0, 0.1) is 11.8 Å². The van der Waals surface area contributed by atoms with E-state index < -0.39 is 5.97 Å². The Balaban J connectivity index is 0.000000171. The normalized spacial score (nSPS) is 22.6. The maximum absolute atomic E-state index is 10.3. The Morgan fingerprint density at radius 2 is 1.71 bits per heavy atom. The third kappa shape index (κ3) is 6.06. The van der Waals surface area contributed by atoms with E-state index >= 15 is 0 Å². The predicted molar refractivity (Wildman–Crippen MR) is 70.1 cm³/mol. The summed E-state index contributed by atoms with van der Waals surface area (Å²) >= 11 is 0. The standard InChI is InChI=1S/C8H16.C6H11NO2/c1-2-8-6-4-3-5-7-8;8-6(9)5-1-3-7-4-2-5/h8H,2-7H2,1H3;5,7H,1-4H2,(H,8,9). The molecular weight excluding hydrogens is 214 g/mol. The van der Waals surface area contributed by atoms with E-state index in [0.717, 1.165) is 31.8 Å². The van der Waals surface area contributed by atoms with Crippen molar-refractivity contribution in [3.8, 4) is 0 Å². The monoisotopic (exact) mass is 241 g/mol. The van der Waals surface area contributed by atoms with Crippen molar-refractivity contribution < 1.29 is 9.90 Å². The smallest absolute Gasteiger partial charge is 0.306 e. The zero-order valence-corrected chi connectivity index (χ0v) is 11.1. The van der Waals surface area contributed by atoms with Gasteiger partial charge in [-0.25, -0.2) is 0 Å². The van der Waals surface area contributed by atoms with Crippen LogP contribution in [0.4, 0.5) is 0 Å². The Bertz CT molecular complexity index is 206. The molecule has 2 N–H and O–H groups in total. The van der Waals surface area contributed by atoms with Crippen molar-refractivity contribution in [2.75, 3.05) is 13.1 Å². The minimum atomic E-state index is -0.642. The van der Waals surface area contributed by atoms with Gasteiger partial charge < -0.3 is 10.4 Å². The minimum absolute atomic E-state index is 0.0914.